The van der Waals surface area contributed by atoms with Crippen molar-refractivity contribution in [3.63, 3.8) is 0 Å². The van der Waals surface area contributed by atoms with E-state index in [1.807, 2.05) is 0 Å². The number of aryl methyl sites for hydroxylation is 1. The first-order chi connectivity index (χ1) is 7.67. The summed E-state index contributed by atoms with van der Waals surface area (Å²) in [5.74, 6) is 1.28. The number of halogens is 1. The molecule has 0 aliphatic carbocycles. The molecule has 1 heterocycles. The number of hydrogen-bond donors (Lipinski definition) is 1. The molecule has 6 heteroatoms. The van der Waals surface area contributed by atoms with Crippen molar-refractivity contribution in [1.82, 2.24) is 25.5 Å². The molecule has 1 aromatic heterocycles. The Hall–Kier alpha value is -0.680. The molecule has 0 spiro atoms. The van der Waals surface area contributed by atoms with Gasteiger partial charge in [0, 0.05) is 11.9 Å². The molecule has 1 unspecified atom stereocenters. The van der Waals surface area contributed by atoms with Crippen LogP contribution in [0.3, 0.4) is 0 Å². The van der Waals surface area contributed by atoms with Crippen molar-refractivity contribution in [3.05, 3.63) is 5.82 Å². The van der Waals surface area contributed by atoms with Gasteiger partial charge in [-0.25, -0.2) is 0 Å². The Labute approximate surface area is 102 Å². The van der Waals surface area contributed by atoms with Gasteiger partial charge in [0.05, 0.1) is 13.6 Å². The van der Waals surface area contributed by atoms with Crippen LogP contribution in [-0.2, 0) is 13.6 Å². The smallest absolute Gasteiger partial charge is 0.188 e. The minimum Gasteiger partial charge on any atom is -0.308 e. The van der Waals surface area contributed by atoms with E-state index in [9.17, 15) is 0 Å². The number of nitrogens with zero attached hydrogens (tertiary/aromatic N) is 4. The molecule has 0 radical (unpaired) electrons. The van der Waals surface area contributed by atoms with Crippen LogP contribution in [0.5, 0.6) is 0 Å². The zero-order valence-corrected chi connectivity index (χ0v) is 10.9. The van der Waals surface area contributed by atoms with Crippen LogP contribution in [0, 0.1) is 5.92 Å². The third-order valence-electron chi connectivity index (χ3n) is 2.73. The van der Waals surface area contributed by atoms with Crippen molar-refractivity contribution in [1.29, 1.82) is 0 Å². The molecule has 1 N–H and O–H groups in total. The molecule has 16 heavy (non-hydrogen) atoms. The number of hydrogen-bond acceptors (Lipinski definition) is 4. The molecule has 0 bridgehead atoms. The van der Waals surface area contributed by atoms with Gasteiger partial charge in [-0.3, -0.25) is 0 Å². The Morgan fingerprint density at radius 3 is 2.56 bits per heavy atom. The Kier molecular flexibility index (Phi) is 5.69. The van der Waals surface area contributed by atoms with Crippen LogP contribution in [0.25, 0.3) is 0 Å². The van der Waals surface area contributed by atoms with E-state index < -0.39 is 0 Å². The van der Waals surface area contributed by atoms with Crippen LogP contribution < -0.4 is 5.32 Å². The van der Waals surface area contributed by atoms with Gasteiger partial charge in [-0.2, -0.15) is 4.80 Å². The van der Waals surface area contributed by atoms with E-state index >= 15 is 0 Å². The van der Waals surface area contributed by atoms with Crippen molar-refractivity contribution < 1.29 is 0 Å². The standard InChI is InChI=1S/C10H20ClN5/c1-4-8(5-2)9(11)6-12-7-10-13-15-16(3)14-10/h8-9,12H,4-7H2,1-3H3. The predicted molar refractivity (Wildman–Crippen MR) is 64.2 cm³/mol. The third-order valence-corrected chi connectivity index (χ3v) is 3.24. The van der Waals surface area contributed by atoms with E-state index in [0.717, 1.165) is 19.4 Å². The maximum atomic E-state index is 6.29. The molecule has 5 nitrogen and oxygen atoms in total. The van der Waals surface area contributed by atoms with Gasteiger partial charge in [-0.1, -0.05) is 26.7 Å². The zero-order chi connectivity index (χ0) is 12.0. The van der Waals surface area contributed by atoms with Crippen LogP contribution in [-0.4, -0.2) is 32.1 Å². The first-order valence-corrected chi connectivity index (χ1v) is 6.18. The average Bonchev–Trinajstić information content (AvgIpc) is 2.66. The van der Waals surface area contributed by atoms with Gasteiger partial charge in [-0.05, 0) is 11.1 Å². The van der Waals surface area contributed by atoms with Crippen molar-refractivity contribution in [2.45, 2.75) is 38.6 Å². The summed E-state index contributed by atoms with van der Waals surface area (Å²) in [6, 6.07) is 0. The highest BCUT2D eigenvalue weighted by Crippen LogP contribution is 2.17. The first kappa shape index (κ1) is 13.4. The fourth-order valence-corrected chi connectivity index (χ4v) is 2.15. The summed E-state index contributed by atoms with van der Waals surface area (Å²) in [6.45, 7) is 5.75. The Bertz CT molecular complexity index is 297. The monoisotopic (exact) mass is 245 g/mol. The normalized spacial score (nSPS) is 13.3. The van der Waals surface area contributed by atoms with Crippen molar-refractivity contribution >= 4 is 11.6 Å². The van der Waals surface area contributed by atoms with Crippen LogP contribution >= 0.6 is 11.6 Å². The Balaban J connectivity index is 2.24. The predicted octanol–water partition coefficient (Wildman–Crippen LogP) is 1.34. The molecule has 0 aliphatic heterocycles. The van der Waals surface area contributed by atoms with E-state index in [2.05, 4.69) is 34.6 Å². The second-order valence-corrected chi connectivity index (χ2v) is 4.48. The second kappa shape index (κ2) is 6.81. The van der Waals surface area contributed by atoms with Crippen LogP contribution in [0.15, 0.2) is 0 Å². The number of aromatic nitrogens is 4. The summed E-state index contributed by atoms with van der Waals surface area (Å²) in [5.41, 5.74) is 0. The van der Waals surface area contributed by atoms with Gasteiger partial charge >= 0.3 is 0 Å². The number of rotatable bonds is 7. The summed E-state index contributed by atoms with van der Waals surface area (Å²) in [6.07, 6.45) is 2.24. The molecule has 0 saturated carbocycles. The number of alkyl halides is 1. The van der Waals surface area contributed by atoms with Crippen molar-refractivity contribution in [2.24, 2.45) is 13.0 Å². The van der Waals surface area contributed by atoms with Crippen LogP contribution in [0.2, 0.25) is 0 Å². The lowest BCUT2D eigenvalue weighted by molar-refractivity contribution is 0.444. The SMILES string of the molecule is CCC(CC)C(Cl)CNCc1nnn(C)n1. The summed E-state index contributed by atoms with van der Waals surface area (Å²) < 4.78 is 0. The highest BCUT2D eigenvalue weighted by molar-refractivity contribution is 6.21. The summed E-state index contributed by atoms with van der Waals surface area (Å²) >= 11 is 6.29. The lowest BCUT2D eigenvalue weighted by Crippen LogP contribution is -2.28. The molecular weight excluding hydrogens is 226 g/mol. The van der Waals surface area contributed by atoms with Crippen molar-refractivity contribution in [2.75, 3.05) is 6.54 Å². The lowest BCUT2D eigenvalue weighted by Gasteiger charge is -2.19. The molecule has 0 aliphatic rings. The maximum absolute atomic E-state index is 6.29. The van der Waals surface area contributed by atoms with Gasteiger partial charge in [-0.15, -0.1) is 21.8 Å². The minimum atomic E-state index is 0.173. The zero-order valence-electron chi connectivity index (χ0n) is 10.1. The molecule has 0 saturated heterocycles. The van der Waals surface area contributed by atoms with Gasteiger partial charge in [0.2, 0.25) is 0 Å². The highest BCUT2D eigenvalue weighted by atomic mass is 35.5. The van der Waals surface area contributed by atoms with Gasteiger partial charge in [0.15, 0.2) is 5.82 Å². The molecule has 0 fully saturated rings. The fourth-order valence-electron chi connectivity index (χ4n) is 1.68. The molecule has 0 amide bonds. The van der Waals surface area contributed by atoms with Crippen LogP contribution in [0.1, 0.15) is 32.5 Å². The maximum Gasteiger partial charge on any atom is 0.188 e. The molecular formula is C10H20ClN5. The van der Waals surface area contributed by atoms with E-state index in [-0.39, 0.29) is 5.38 Å². The first-order valence-electron chi connectivity index (χ1n) is 5.75. The van der Waals surface area contributed by atoms with E-state index in [1.54, 1.807) is 7.05 Å². The van der Waals surface area contributed by atoms with Crippen LogP contribution in [0.4, 0.5) is 0 Å². The van der Waals surface area contributed by atoms with Gasteiger partial charge < -0.3 is 5.32 Å². The molecule has 92 valence electrons. The van der Waals surface area contributed by atoms with E-state index in [0.29, 0.717) is 18.3 Å². The number of nitrogens with one attached hydrogen (secondary N) is 1. The Morgan fingerprint density at radius 1 is 1.38 bits per heavy atom. The molecule has 1 aromatic rings. The van der Waals surface area contributed by atoms with Gasteiger partial charge in [0.1, 0.15) is 0 Å². The lowest BCUT2D eigenvalue weighted by atomic mass is 9.99. The Morgan fingerprint density at radius 2 is 2.06 bits per heavy atom. The van der Waals surface area contributed by atoms with Gasteiger partial charge in [0.25, 0.3) is 0 Å². The average molecular weight is 246 g/mol. The third kappa shape index (κ3) is 4.06. The molecule has 1 rings (SSSR count). The fraction of sp³-hybridized carbons (Fsp3) is 0.900. The quantitative estimate of drug-likeness (QED) is 0.737. The molecule has 0 aromatic carbocycles. The summed E-state index contributed by atoms with van der Waals surface area (Å²) in [4.78, 5) is 1.45. The topological polar surface area (TPSA) is 55.6 Å². The van der Waals surface area contributed by atoms with E-state index in [4.69, 9.17) is 11.6 Å². The largest absolute Gasteiger partial charge is 0.308 e. The molecule has 1 atom stereocenters. The second-order valence-electron chi connectivity index (χ2n) is 3.92. The summed E-state index contributed by atoms with van der Waals surface area (Å²) in [5, 5.41) is 15.2. The number of tetrazole rings is 1. The van der Waals surface area contributed by atoms with E-state index in [1.165, 1.54) is 4.80 Å². The van der Waals surface area contributed by atoms with Crippen molar-refractivity contribution in [3.8, 4) is 0 Å². The summed E-state index contributed by atoms with van der Waals surface area (Å²) in [7, 11) is 1.76. The minimum absolute atomic E-state index is 0.173. The highest BCUT2D eigenvalue weighted by Gasteiger charge is 2.15.